The number of rotatable bonds is 5. The van der Waals surface area contributed by atoms with Crippen LogP contribution < -0.4 is 9.47 Å². The smallest absolute Gasteiger partial charge is 0.167 e. The van der Waals surface area contributed by atoms with E-state index < -0.39 is 0 Å². The van der Waals surface area contributed by atoms with Crippen molar-refractivity contribution in [1.29, 1.82) is 0 Å². The molecule has 0 atom stereocenters. The molecule has 30 heavy (non-hydrogen) atoms. The topological polar surface area (TPSA) is 97.6 Å². The quantitative estimate of drug-likeness (QED) is 0.514. The Hall–Kier alpha value is -4.13. The van der Waals surface area contributed by atoms with Gasteiger partial charge >= 0.3 is 0 Å². The highest BCUT2D eigenvalue weighted by atomic mass is 16.5. The summed E-state index contributed by atoms with van der Waals surface area (Å²) in [4.78, 5) is 13.7. The normalized spacial score (nSPS) is 10.6. The summed E-state index contributed by atoms with van der Waals surface area (Å²) in [7, 11) is 3.21. The Kier molecular flexibility index (Phi) is 5.17. The Bertz CT molecular complexity index is 1110. The fraction of sp³-hybridized carbons (Fsp3) is 0.0870. The molecule has 150 valence electrons. The average molecular weight is 401 g/mol. The van der Waals surface area contributed by atoms with Crippen LogP contribution in [0, 0.1) is 0 Å². The molecular weight excluding hydrogens is 382 g/mol. The van der Waals surface area contributed by atoms with Gasteiger partial charge in [-0.05, 0) is 60.7 Å². The third-order valence-electron chi connectivity index (χ3n) is 4.55. The number of phenols is 2. The van der Waals surface area contributed by atoms with Crippen LogP contribution in [0.4, 0.5) is 0 Å². The van der Waals surface area contributed by atoms with Gasteiger partial charge in [0.2, 0.25) is 0 Å². The minimum Gasteiger partial charge on any atom is -0.508 e. The van der Waals surface area contributed by atoms with Gasteiger partial charge in [-0.15, -0.1) is 0 Å². The molecule has 7 nitrogen and oxygen atoms in total. The maximum Gasteiger partial charge on any atom is 0.167 e. The van der Waals surface area contributed by atoms with Gasteiger partial charge in [0, 0.05) is 17.2 Å². The van der Waals surface area contributed by atoms with Crippen molar-refractivity contribution >= 4 is 0 Å². The van der Waals surface area contributed by atoms with Crippen molar-refractivity contribution in [2.45, 2.75) is 0 Å². The predicted molar refractivity (Wildman–Crippen MR) is 113 cm³/mol. The Morgan fingerprint density at radius 2 is 1.07 bits per heavy atom. The number of aromatic hydroxyl groups is 2. The average Bonchev–Trinajstić information content (AvgIpc) is 2.79. The third kappa shape index (κ3) is 3.86. The molecule has 3 aromatic carbocycles. The Balaban J connectivity index is 1.88. The van der Waals surface area contributed by atoms with E-state index >= 15 is 0 Å². The van der Waals surface area contributed by atoms with E-state index in [0.717, 1.165) is 22.6 Å². The van der Waals surface area contributed by atoms with Gasteiger partial charge in [-0.25, -0.2) is 15.0 Å². The molecular formula is C23H19N3O4. The van der Waals surface area contributed by atoms with Crippen molar-refractivity contribution in [1.82, 2.24) is 15.0 Å². The van der Waals surface area contributed by atoms with Crippen LogP contribution in [0.1, 0.15) is 0 Å². The molecule has 0 aliphatic heterocycles. The van der Waals surface area contributed by atoms with Crippen molar-refractivity contribution < 1.29 is 19.7 Å². The lowest BCUT2D eigenvalue weighted by atomic mass is 10.1. The van der Waals surface area contributed by atoms with E-state index in [0.29, 0.717) is 23.0 Å². The van der Waals surface area contributed by atoms with Crippen LogP contribution in [0.2, 0.25) is 0 Å². The molecule has 0 bridgehead atoms. The molecule has 0 amide bonds. The van der Waals surface area contributed by atoms with Gasteiger partial charge in [-0.2, -0.15) is 0 Å². The lowest BCUT2D eigenvalue weighted by Crippen LogP contribution is -2.00. The van der Waals surface area contributed by atoms with E-state index in [1.165, 1.54) is 12.1 Å². The number of phenolic OH excluding ortho intramolecular Hbond substituents is 2. The maximum atomic E-state index is 10.3. The van der Waals surface area contributed by atoms with Crippen LogP contribution in [-0.4, -0.2) is 39.4 Å². The summed E-state index contributed by atoms with van der Waals surface area (Å²) in [6.45, 7) is 0. The van der Waals surface area contributed by atoms with Gasteiger partial charge in [-0.1, -0.05) is 0 Å². The molecule has 1 aromatic heterocycles. The van der Waals surface area contributed by atoms with Crippen LogP contribution in [0.15, 0.2) is 66.7 Å². The first-order valence-electron chi connectivity index (χ1n) is 9.14. The van der Waals surface area contributed by atoms with Crippen LogP contribution >= 0.6 is 0 Å². The number of methoxy groups -OCH3 is 2. The molecule has 0 fully saturated rings. The second-order valence-electron chi connectivity index (χ2n) is 6.46. The molecule has 2 N–H and O–H groups in total. The van der Waals surface area contributed by atoms with E-state index in [2.05, 4.69) is 15.0 Å². The van der Waals surface area contributed by atoms with Gasteiger partial charge in [0.05, 0.1) is 19.8 Å². The molecule has 0 unspecified atom stereocenters. The zero-order valence-corrected chi connectivity index (χ0v) is 16.4. The highest BCUT2D eigenvalue weighted by molar-refractivity contribution is 5.70. The molecule has 0 radical (unpaired) electrons. The Morgan fingerprint density at radius 1 is 0.600 bits per heavy atom. The van der Waals surface area contributed by atoms with Crippen LogP contribution in [-0.2, 0) is 0 Å². The van der Waals surface area contributed by atoms with Crippen molar-refractivity contribution in [2.75, 3.05) is 14.2 Å². The van der Waals surface area contributed by atoms with Crippen molar-refractivity contribution in [3.63, 3.8) is 0 Å². The summed E-state index contributed by atoms with van der Waals surface area (Å²) in [5.41, 5.74) is 1.93. The van der Waals surface area contributed by atoms with Crippen LogP contribution in [0.25, 0.3) is 34.2 Å². The summed E-state index contributed by atoms with van der Waals surface area (Å²) >= 11 is 0. The van der Waals surface area contributed by atoms with Crippen molar-refractivity contribution in [2.24, 2.45) is 0 Å². The fourth-order valence-electron chi connectivity index (χ4n) is 2.94. The molecule has 7 heteroatoms. The fourth-order valence-corrected chi connectivity index (χ4v) is 2.94. The summed E-state index contributed by atoms with van der Waals surface area (Å²) in [5.74, 6) is 2.46. The van der Waals surface area contributed by atoms with Gasteiger partial charge in [-0.3, -0.25) is 0 Å². The van der Waals surface area contributed by atoms with Crippen LogP contribution in [0.3, 0.4) is 0 Å². The van der Waals surface area contributed by atoms with E-state index in [4.69, 9.17) is 9.47 Å². The van der Waals surface area contributed by atoms with Crippen molar-refractivity contribution in [3.8, 4) is 57.2 Å². The number of hydrogen-bond donors (Lipinski definition) is 2. The molecule has 0 aliphatic carbocycles. The zero-order chi connectivity index (χ0) is 21.1. The molecule has 0 aliphatic rings. The van der Waals surface area contributed by atoms with Gasteiger partial charge in [0.15, 0.2) is 17.5 Å². The van der Waals surface area contributed by atoms with Gasteiger partial charge in [0.25, 0.3) is 0 Å². The highest BCUT2D eigenvalue weighted by Gasteiger charge is 2.15. The molecule has 0 saturated carbocycles. The summed E-state index contributed by atoms with van der Waals surface area (Å²) in [5, 5.41) is 19.9. The summed E-state index contributed by atoms with van der Waals surface area (Å²) < 4.78 is 10.4. The third-order valence-corrected chi connectivity index (χ3v) is 4.55. The monoisotopic (exact) mass is 401 g/mol. The lowest BCUT2D eigenvalue weighted by Gasteiger charge is -2.10. The Labute approximate surface area is 173 Å². The largest absolute Gasteiger partial charge is 0.508 e. The minimum absolute atomic E-state index is 0.0453. The first-order chi connectivity index (χ1) is 14.6. The second-order valence-corrected chi connectivity index (χ2v) is 6.46. The summed E-state index contributed by atoms with van der Waals surface area (Å²) in [6, 6.07) is 19.0. The molecule has 4 aromatic rings. The first-order valence-corrected chi connectivity index (χ1v) is 9.14. The molecule has 0 saturated heterocycles. The predicted octanol–water partition coefficient (Wildman–Crippen LogP) is 4.30. The van der Waals surface area contributed by atoms with E-state index in [1.54, 1.807) is 20.3 Å². The summed E-state index contributed by atoms with van der Waals surface area (Å²) in [6.07, 6.45) is 0. The molecule has 4 rings (SSSR count). The molecule has 1 heterocycles. The highest BCUT2D eigenvalue weighted by Crippen LogP contribution is 2.32. The second kappa shape index (κ2) is 8.08. The first kappa shape index (κ1) is 19.2. The molecule has 0 spiro atoms. The number of ether oxygens (including phenoxy) is 2. The van der Waals surface area contributed by atoms with Crippen molar-refractivity contribution in [3.05, 3.63) is 66.7 Å². The number of nitrogens with zero attached hydrogens (tertiary/aromatic N) is 3. The minimum atomic E-state index is -0.123. The van der Waals surface area contributed by atoms with E-state index in [1.807, 2.05) is 48.5 Å². The number of benzene rings is 3. The maximum absolute atomic E-state index is 10.3. The van der Waals surface area contributed by atoms with Gasteiger partial charge < -0.3 is 19.7 Å². The van der Waals surface area contributed by atoms with E-state index in [9.17, 15) is 10.2 Å². The Morgan fingerprint density at radius 3 is 1.50 bits per heavy atom. The van der Waals surface area contributed by atoms with E-state index in [-0.39, 0.29) is 11.5 Å². The SMILES string of the molecule is COc1ccc(-c2nc(-c3ccc(OC)cc3)nc(-c3ccc(O)cc3O)n2)cc1. The standard InChI is InChI=1S/C23H19N3O4/c1-29-17-8-3-14(4-9-17)21-24-22(15-5-10-18(30-2)11-6-15)26-23(25-21)19-12-7-16(27)13-20(19)28/h3-13,27-28H,1-2H3. The van der Waals surface area contributed by atoms with Crippen LogP contribution in [0.5, 0.6) is 23.0 Å². The lowest BCUT2D eigenvalue weighted by molar-refractivity contribution is 0.415. The van der Waals surface area contributed by atoms with Gasteiger partial charge in [0.1, 0.15) is 23.0 Å². The number of hydrogen-bond acceptors (Lipinski definition) is 7. The zero-order valence-electron chi connectivity index (χ0n) is 16.4. The number of aromatic nitrogens is 3.